The van der Waals surface area contributed by atoms with E-state index in [9.17, 15) is 18.0 Å². The minimum Gasteiger partial charge on any atom is -0.336 e. The first-order valence-electron chi connectivity index (χ1n) is 11.1. The minimum absolute atomic E-state index is 0.175. The standard InChI is InChI=1S/C25H21ClF3N5O/c26-19-6-8-20(9-7-19)34-23(25(27,28)29)21(15-31-34)24(35)33-13-11-32(12-14-33)16-18-4-1-3-17-5-2-10-30-22(17)18/h1-10,15H,11-14,16H2. The molecular formula is C25H21ClF3N5O. The van der Waals surface area contributed by atoms with Crippen molar-refractivity contribution in [1.29, 1.82) is 0 Å². The molecule has 5 rings (SSSR count). The van der Waals surface area contributed by atoms with Crippen molar-refractivity contribution in [1.82, 2.24) is 24.6 Å². The third-order valence-electron chi connectivity index (χ3n) is 6.11. The lowest BCUT2D eigenvalue weighted by Crippen LogP contribution is -2.48. The maximum atomic E-state index is 14.0. The van der Waals surface area contributed by atoms with Gasteiger partial charge in [0.05, 0.1) is 23.0 Å². The summed E-state index contributed by atoms with van der Waals surface area (Å²) in [5.74, 6) is -0.677. The van der Waals surface area contributed by atoms with Crippen LogP contribution in [0.2, 0.25) is 5.02 Å². The second-order valence-electron chi connectivity index (χ2n) is 8.35. The maximum Gasteiger partial charge on any atom is 0.434 e. The topological polar surface area (TPSA) is 54.3 Å². The van der Waals surface area contributed by atoms with Crippen molar-refractivity contribution in [2.75, 3.05) is 26.2 Å². The largest absolute Gasteiger partial charge is 0.434 e. The summed E-state index contributed by atoms with van der Waals surface area (Å²) in [6.07, 6.45) is -2.01. The lowest BCUT2D eigenvalue weighted by Gasteiger charge is -2.35. The number of aromatic nitrogens is 3. The second-order valence-corrected chi connectivity index (χ2v) is 8.79. The van der Waals surface area contributed by atoms with Gasteiger partial charge < -0.3 is 4.90 Å². The van der Waals surface area contributed by atoms with E-state index in [0.29, 0.717) is 37.7 Å². The number of carbonyl (C=O) groups excluding carboxylic acids is 1. The Morgan fingerprint density at radius 2 is 1.69 bits per heavy atom. The molecule has 1 aliphatic rings. The number of rotatable bonds is 4. The Kier molecular flexibility index (Phi) is 6.21. The molecule has 0 bridgehead atoms. The van der Waals surface area contributed by atoms with Crippen LogP contribution in [0, 0.1) is 0 Å². The zero-order valence-corrected chi connectivity index (χ0v) is 19.3. The highest BCUT2D eigenvalue weighted by Crippen LogP contribution is 2.34. The molecule has 1 aliphatic heterocycles. The highest BCUT2D eigenvalue weighted by Gasteiger charge is 2.41. The first-order chi connectivity index (χ1) is 16.8. The van der Waals surface area contributed by atoms with Gasteiger partial charge in [0.15, 0.2) is 5.69 Å². The molecule has 4 aromatic rings. The Bertz CT molecular complexity index is 1360. The Hall–Kier alpha value is -3.43. The molecule has 35 heavy (non-hydrogen) atoms. The molecule has 0 aliphatic carbocycles. The summed E-state index contributed by atoms with van der Waals surface area (Å²) in [6.45, 7) is 2.38. The van der Waals surface area contributed by atoms with E-state index in [-0.39, 0.29) is 5.69 Å². The molecule has 6 nitrogen and oxygen atoms in total. The van der Waals surface area contributed by atoms with Gasteiger partial charge in [0.1, 0.15) is 0 Å². The Morgan fingerprint density at radius 3 is 2.40 bits per heavy atom. The predicted molar refractivity (Wildman–Crippen MR) is 126 cm³/mol. The van der Waals surface area contributed by atoms with Crippen molar-refractivity contribution in [2.45, 2.75) is 12.7 Å². The molecule has 0 spiro atoms. The number of halogens is 4. The normalized spacial score (nSPS) is 15.0. The fourth-order valence-corrected chi connectivity index (χ4v) is 4.50. The van der Waals surface area contributed by atoms with Crippen LogP contribution in [0.25, 0.3) is 16.6 Å². The molecule has 180 valence electrons. The smallest absolute Gasteiger partial charge is 0.336 e. The maximum absolute atomic E-state index is 14.0. The van der Waals surface area contributed by atoms with Crippen molar-refractivity contribution in [2.24, 2.45) is 0 Å². The number of amides is 1. The summed E-state index contributed by atoms with van der Waals surface area (Å²) < 4.78 is 42.7. The number of nitrogens with zero attached hydrogens (tertiary/aromatic N) is 5. The van der Waals surface area contributed by atoms with Gasteiger partial charge in [-0.05, 0) is 35.9 Å². The molecular weight excluding hydrogens is 479 g/mol. The molecule has 0 atom stereocenters. The van der Waals surface area contributed by atoms with Crippen LogP contribution in [0.5, 0.6) is 0 Å². The van der Waals surface area contributed by atoms with Gasteiger partial charge in [0.2, 0.25) is 0 Å². The second kappa shape index (κ2) is 9.31. The molecule has 2 aromatic heterocycles. The number of hydrogen-bond donors (Lipinski definition) is 0. The van der Waals surface area contributed by atoms with Crippen LogP contribution in [0.4, 0.5) is 13.2 Å². The number of piperazine rings is 1. The van der Waals surface area contributed by atoms with E-state index in [0.717, 1.165) is 27.3 Å². The van der Waals surface area contributed by atoms with Crippen LogP contribution >= 0.6 is 11.6 Å². The fraction of sp³-hybridized carbons (Fsp3) is 0.240. The van der Waals surface area contributed by atoms with Crippen molar-refractivity contribution in [3.63, 3.8) is 0 Å². The van der Waals surface area contributed by atoms with Gasteiger partial charge in [-0.3, -0.25) is 14.7 Å². The molecule has 1 saturated heterocycles. The molecule has 0 saturated carbocycles. The predicted octanol–water partition coefficient (Wildman–Crippen LogP) is 5.05. The average Bonchev–Trinajstić information content (AvgIpc) is 3.31. The van der Waals surface area contributed by atoms with Gasteiger partial charge in [0.25, 0.3) is 5.91 Å². The highest BCUT2D eigenvalue weighted by molar-refractivity contribution is 6.30. The number of para-hydroxylation sites is 1. The fourth-order valence-electron chi connectivity index (χ4n) is 4.37. The summed E-state index contributed by atoms with van der Waals surface area (Å²) in [5, 5.41) is 5.33. The van der Waals surface area contributed by atoms with E-state index < -0.39 is 23.3 Å². The van der Waals surface area contributed by atoms with Crippen LogP contribution in [0.1, 0.15) is 21.6 Å². The van der Waals surface area contributed by atoms with E-state index in [1.807, 2.05) is 30.3 Å². The Morgan fingerprint density at radius 1 is 0.971 bits per heavy atom. The molecule has 10 heteroatoms. The van der Waals surface area contributed by atoms with Crippen molar-refractivity contribution >= 4 is 28.4 Å². The zero-order chi connectivity index (χ0) is 24.6. The number of fused-ring (bicyclic) bond motifs is 1. The van der Waals surface area contributed by atoms with Gasteiger partial charge in [-0.1, -0.05) is 35.9 Å². The van der Waals surface area contributed by atoms with Gasteiger partial charge in [-0.2, -0.15) is 18.3 Å². The Balaban J connectivity index is 1.32. The number of hydrogen-bond acceptors (Lipinski definition) is 4. The summed E-state index contributed by atoms with van der Waals surface area (Å²) in [6, 6.07) is 15.7. The SMILES string of the molecule is O=C(c1cnn(-c2ccc(Cl)cc2)c1C(F)(F)F)N1CCN(Cc2cccc3cccnc23)CC1. The van der Waals surface area contributed by atoms with E-state index in [4.69, 9.17) is 11.6 Å². The van der Waals surface area contributed by atoms with E-state index in [1.54, 1.807) is 6.20 Å². The summed E-state index contributed by atoms with van der Waals surface area (Å²) in [5.41, 5.74) is 0.631. The lowest BCUT2D eigenvalue weighted by atomic mass is 10.1. The number of carbonyl (C=O) groups is 1. The Labute approximate surface area is 204 Å². The average molecular weight is 500 g/mol. The van der Waals surface area contributed by atoms with Gasteiger partial charge in [0, 0.05) is 49.3 Å². The summed E-state index contributed by atoms with van der Waals surface area (Å²) in [7, 11) is 0. The highest BCUT2D eigenvalue weighted by atomic mass is 35.5. The third kappa shape index (κ3) is 4.74. The zero-order valence-electron chi connectivity index (χ0n) is 18.5. The van der Waals surface area contributed by atoms with Gasteiger partial charge >= 0.3 is 6.18 Å². The number of alkyl halides is 3. The van der Waals surface area contributed by atoms with E-state index >= 15 is 0 Å². The number of benzene rings is 2. The summed E-state index contributed by atoms with van der Waals surface area (Å²) >= 11 is 5.86. The van der Waals surface area contributed by atoms with Crippen molar-refractivity contribution in [3.05, 3.63) is 88.8 Å². The number of pyridine rings is 1. The van der Waals surface area contributed by atoms with Crippen LogP contribution < -0.4 is 0 Å². The molecule has 2 aromatic carbocycles. The van der Waals surface area contributed by atoms with Crippen LogP contribution in [0.15, 0.2) is 67.0 Å². The van der Waals surface area contributed by atoms with Crippen LogP contribution in [-0.2, 0) is 12.7 Å². The molecule has 0 N–H and O–H groups in total. The van der Waals surface area contributed by atoms with Gasteiger partial charge in [-0.25, -0.2) is 4.68 Å². The minimum atomic E-state index is -4.76. The molecule has 1 amide bonds. The van der Waals surface area contributed by atoms with Crippen molar-refractivity contribution < 1.29 is 18.0 Å². The first kappa shape index (κ1) is 23.3. The van der Waals surface area contributed by atoms with E-state index in [2.05, 4.69) is 15.0 Å². The van der Waals surface area contributed by atoms with E-state index in [1.165, 1.54) is 29.2 Å². The quantitative estimate of drug-likeness (QED) is 0.394. The van der Waals surface area contributed by atoms with Crippen LogP contribution in [-0.4, -0.2) is 56.7 Å². The first-order valence-corrected chi connectivity index (χ1v) is 11.4. The van der Waals surface area contributed by atoms with Gasteiger partial charge in [-0.15, -0.1) is 0 Å². The monoisotopic (exact) mass is 499 g/mol. The third-order valence-corrected chi connectivity index (χ3v) is 6.36. The molecule has 0 unspecified atom stereocenters. The molecule has 3 heterocycles. The molecule has 0 radical (unpaired) electrons. The molecule has 1 fully saturated rings. The van der Waals surface area contributed by atoms with Crippen molar-refractivity contribution in [3.8, 4) is 5.69 Å². The van der Waals surface area contributed by atoms with Crippen LogP contribution in [0.3, 0.4) is 0 Å². The lowest BCUT2D eigenvalue weighted by molar-refractivity contribution is -0.143. The summed E-state index contributed by atoms with van der Waals surface area (Å²) in [4.78, 5) is 21.2.